The van der Waals surface area contributed by atoms with E-state index in [9.17, 15) is 4.79 Å². The molecule has 0 saturated carbocycles. The molecule has 3 heterocycles. The Bertz CT molecular complexity index is 2150. The van der Waals surface area contributed by atoms with Crippen molar-refractivity contribution in [2.24, 2.45) is 0 Å². The van der Waals surface area contributed by atoms with Crippen LogP contribution in [0.15, 0.2) is 127 Å². The Balaban J connectivity index is 1.40. The predicted molar refractivity (Wildman–Crippen MR) is 237 cm³/mol. The number of anilines is 2. The molecule has 0 unspecified atom stereocenters. The fraction of sp³-hybridized carbons (Fsp3) is 0.239. The average Bonchev–Trinajstić information content (AvgIpc) is 3.98. The number of halogens is 4. The molecular formula is C46H40Br4N2O2. The zero-order chi connectivity index (χ0) is 37.6. The zero-order valence-corrected chi connectivity index (χ0v) is 36.6. The van der Waals surface area contributed by atoms with Crippen LogP contribution >= 0.6 is 63.7 Å². The molecule has 8 rings (SSSR count). The van der Waals surface area contributed by atoms with Gasteiger partial charge >= 0.3 is 5.97 Å². The van der Waals surface area contributed by atoms with Crippen LogP contribution in [0.4, 0.5) is 11.4 Å². The lowest BCUT2D eigenvalue weighted by atomic mass is 9.83. The van der Waals surface area contributed by atoms with E-state index in [1.807, 2.05) is 0 Å². The Hall–Kier alpha value is -3.43. The summed E-state index contributed by atoms with van der Waals surface area (Å²) in [7, 11) is 0. The standard InChI is InChI=1S/C46H40Br4N2O2/c1-29-7-11-31(12-8-29)37(33-15-19-35(20-16-33)51-23-3-4-24-51)27-46(40-39(45(53)54-46)41(47)43(49)44(50)42(40)48)28-38(32-13-9-30(2)10-14-32)34-17-21-36(22-18-34)52-25-5-6-26-52/h7-22,27-28H,3-6,23-26H2,1-2H3. The Kier molecular flexibility index (Phi) is 10.8. The summed E-state index contributed by atoms with van der Waals surface area (Å²) in [6, 6.07) is 34.9. The highest BCUT2D eigenvalue weighted by atomic mass is 79.9. The maximum atomic E-state index is 14.3. The van der Waals surface area contributed by atoms with Crippen molar-refractivity contribution in [3.05, 3.63) is 172 Å². The monoisotopic (exact) mass is 968 g/mol. The molecule has 0 bridgehead atoms. The number of benzene rings is 5. The van der Waals surface area contributed by atoms with Crippen molar-refractivity contribution in [1.29, 1.82) is 0 Å². The largest absolute Gasteiger partial charge is 0.442 e. The first kappa shape index (κ1) is 37.5. The third-order valence-corrected chi connectivity index (χ3v) is 15.6. The number of esters is 1. The maximum Gasteiger partial charge on any atom is 0.341 e. The second kappa shape index (κ2) is 15.6. The molecule has 8 heteroatoms. The van der Waals surface area contributed by atoms with E-state index < -0.39 is 11.6 Å². The summed E-state index contributed by atoms with van der Waals surface area (Å²) in [4.78, 5) is 19.2. The van der Waals surface area contributed by atoms with Gasteiger partial charge in [0.05, 0.1) is 5.56 Å². The molecule has 4 nitrogen and oxygen atoms in total. The molecule has 2 saturated heterocycles. The minimum Gasteiger partial charge on any atom is -0.442 e. The third kappa shape index (κ3) is 7.20. The molecule has 3 aliphatic heterocycles. The van der Waals surface area contributed by atoms with E-state index in [2.05, 4.69) is 197 Å². The van der Waals surface area contributed by atoms with Crippen LogP contribution in [0.25, 0.3) is 11.1 Å². The quantitative estimate of drug-likeness (QED) is 0.0881. The lowest BCUT2D eigenvalue weighted by Gasteiger charge is -2.28. The normalized spacial score (nSPS) is 18.7. The van der Waals surface area contributed by atoms with E-state index in [1.54, 1.807) is 0 Å². The lowest BCUT2D eigenvalue weighted by molar-refractivity contribution is 0.0298. The van der Waals surface area contributed by atoms with E-state index in [0.29, 0.717) is 10.0 Å². The van der Waals surface area contributed by atoms with Gasteiger partial charge in [0.2, 0.25) is 0 Å². The van der Waals surface area contributed by atoms with Gasteiger partial charge in [0.25, 0.3) is 0 Å². The number of carbonyl (C=O) groups excluding carboxylic acids is 1. The van der Waals surface area contributed by atoms with Gasteiger partial charge in [0, 0.05) is 61.0 Å². The average molecular weight is 972 g/mol. The lowest BCUT2D eigenvalue weighted by Crippen LogP contribution is -2.23. The summed E-state index contributed by atoms with van der Waals surface area (Å²) in [5.74, 6) is -0.404. The first-order chi connectivity index (χ1) is 26.1. The molecule has 2 fully saturated rings. The van der Waals surface area contributed by atoms with Gasteiger partial charge in [-0.3, -0.25) is 0 Å². The van der Waals surface area contributed by atoms with Crippen LogP contribution in [-0.4, -0.2) is 32.1 Å². The molecule has 0 amide bonds. The van der Waals surface area contributed by atoms with Crippen LogP contribution in [0, 0.1) is 13.8 Å². The summed E-state index contributed by atoms with van der Waals surface area (Å²) < 4.78 is 9.69. The molecule has 0 aliphatic carbocycles. The number of nitrogens with zero attached hydrogens (tertiary/aromatic N) is 2. The van der Waals surface area contributed by atoms with Gasteiger partial charge in [-0.05, 0) is 173 Å². The molecule has 54 heavy (non-hydrogen) atoms. The van der Waals surface area contributed by atoms with Crippen molar-refractivity contribution >= 4 is 92.2 Å². The Labute approximate surface area is 351 Å². The number of aryl methyl sites for hydroxylation is 2. The Morgan fingerprint density at radius 3 is 1.28 bits per heavy atom. The summed E-state index contributed by atoms with van der Waals surface area (Å²) >= 11 is 15.2. The highest BCUT2D eigenvalue weighted by molar-refractivity contribution is 9.15. The fourth-order valence-electron chi connectivity index (χ4n) is 7.91. The van der Waals surface area contributed by atoms with Crippen molar-refractivity contribution < 1.29 is 9.53 Å². The van der Waals surface area contributed by atoms with Crippen molar-refractivity contribution in [2.45, 2.75) is 45.1 Å². The van der Waals surface area contributed by atoms with Crippen LogP contribution in [0.2, 0.25) is 0 Å². The summed E-state index contributed by atoms with van der Waals surface area (Å²) in [6.07, 6.45) is 9.17. The van der Waals surface area contributed by atoms with Gasteiger partial charge in [-0.2, -0.15) is 0 Å². The summed E-state index contributed by atoms with van der Waals surface area (Å²) in [5.41, 5.74) is 10.8. The Morgan fingerprint density at radius 2 is 0.889 bits per heavy atom. The van der Waals surface area contributed by atoms with E-state index >= 15 is 0 Å². The highest BCUT2D eigenvalue weighted by Gasteiger charge is 2.48. The smallest absolute Gasteiger partial charge is 0.341 e. The molecule has 274 valence electrons. The third-order valence-electron chi connectivity index (χ3n) is 10.9. The van der Waals surface area contributed by atoms with Gasteiger partial charge < -0.3 is 14.5 Å². The molecule has 5 aromatic carbocycles. The molecule has 5 aromatic rings. The van der Waals surface area contributed by atoms with Gasteiger partial charge in [-0.15, -0.1) is 0 Å². The number of cyclic esters (lactones) is 1. The first-order valence-corrected chi connectivity index (χ1v) is 21.7. The first-order valence-electron chi connectivity index (χ1n) is 18.5. The molecule has 0 aromatic heterocycles. The SMILES string of the molecule is Cc1ccc(C(=CC2(C=C(c3ccc(C)cc3)c3ccc(N4CCCC4)cc3)OC(=O)c3c(Br)c(Br)c(Br)c(Br)c32)c2ccc(N3CCCC3)cc2)cc1. The van der Waals surface area contributed by atoms with Crippen LogP contribution in [0.5, 0.6) is 0 Å². The van der Waals surface area contributed by atoms with Crippen molar-refractivity contribution in [3.63, 3.8) is 0 Å². The predicted octanol–water partition coefficient (Wildman–Crippen LogP) is 13.2. The zero-order valence-electron chi connectivity index (χ0n) is 30.3. The van der Waals surface area contributed by atoms with Crippen molar-refractivity contribution in [3.8, 4) is 0 Å². The number of carbonyl (C=O) groups is 1. The van der Waals surface area contributed by atoms with Crippen molar-refractivity contribution in [2.75, 3.05) is 36.0 Å². The number of hydrogen-bond donors (Lipinski definition) is 0. The van der Waals surface area contributed by atoms with Gasteiger partial charge in [-0.1, -0.05) is 83.9 Å². The van der Waals surface area contributed by atoms with E-state index in [4.69, 9.17) is 4.74 Å². The van der Waals surface area contributed by atoms with Crippen LogP contribution < -0.4 is 9.80 Å². The van der Waals surface area contributed by atoms with E-state index in [1.165, 1.54) is 48.2 Å². The molecule has 0 N–H and O–H groups in total. The van der Waals surface area contributed by atoms with Gasteiger partial charge in [-0.25, -0.2) is 4.79 Å². The minimum absolute atomic E-state index is 0.404. The Morgan fingerprint density at radius 1 is 0.537 bits per heavy atom. The maximum absolute atomic E-state index is 14.3. The number of ether oxygens (including phenoxy) is 1. The molecular weight excluding hydrogens is 932 g/mol. The van der Waals surface area contributed by atoms with Gasteiger partial charge in [0.1, 0.15) is 0 Å². The number of fused-ring (bicyclic) bond motifs is 1. The molecule has 3 aliphatic rings. The van der Waals surface area contributed by atoms with Crippen molar-refractivity contribution in [1.82, 2.24) is 0 Å². The van der Waals surface area contributed by atoms with E-state index in [0.717, 1.165) is 78.6 Å². The second-order valence-electron chi connectivity index (χ2n) is 14.5. The van der Waals surface area contributed by atoms with Crippen LogP contribution in [0.3, 0.4) is 0 Å². The number of rotatable bonds is 8. The summed E-state index contributed by atoms with van der Waals surface area (Å²) in [5, 5.41) is 0. The van der Waals surface area contributed by atoms with Crippen LogP contribution in [-0.2, 0) is 10.3 Å². The minimum atomic E-state index is -1.32. The van der Waals surface area contributed by atoms with Gasteiger partial charge in [0.15, 0.2) is 5.60 Å². The molecule has 0 spiro atoms. The molecule has 0 radical (unpaired) electrons. The molecule has 0 atom stereocenters. The van der Waals surface area contributed by atoms with E-state index in [-0.39, 0.29) is 0 Å². The highest BCUT2D eigenvalue weighted by Crippen LogP contribution is 2.54. The second-order valence-corrected chi connectivity index (χ2v) is 17.7. The topological polar surface area (TPSA) is 32.8 Å². The van der Waals surface area contributed by atoms with Crippen LogP contribution in [0.1, 0.15) is 75.0 Å². The fourth-order valence-corrected chi connectivity index (χ4v) is 10.5. The summed E-state index contributed by atoms with van der Waals surface area (Å²) in [6.45, 7) is 8.52. The number of hydrogen-bond acceptors (Lipinski definition) is 4.